The quantitative estimate of drug-likeness (QED) is 0.264. The van der Waals surface area contributed by atoms with Gasteiger partial charge in [0.15, 0.2) is 5.17 Å². The van der Waals surface area contributed by atoms with Crippen LogP contribution in [0.4, 0.5) is 11.4 Å². The van der Waals surface area contributed by atoms with Crippen molar-refractivity contribution in [3.63, 3.8) is 0 Å². The highest BCUT2D eigenvalue weighted by Crippen LogP contribution is 2.50. The van der Waals surface area contributed by atoms with E-state index in [0.29, 0.717) is 21.6 Å². The van der Waals surface area contributed by atoms with Gasteiger partial charge >= 0.3 is 0 Å². The number of anilines is 1. The molecule has 1 amide bonds. The molecule has 0 atom stereocenters. The molecule has 8 heteroatoms. The molecule has 0 unspecified atom stereocenters. The van der Waals surface area contributed by atoms with Gasteiger partial charge in [0.2, 0.25) is 0 Å². The van der Waals surface area contributed by atoms with E-state index in [9.17, 15) is 4.79 Å². The SMILES string of the molecule is CN1C(=C2SC(=Nc3cccc4ncccc34)N(CCc3ccccc3)C2=O)Sc2ccc(Cl)cc21. The highest BCUT2D eigenvalue weighted by Gasteiger charge is 2.39. The summed E-state index contributed by atoms with van der Waals surface area (Å²) in [6, 6.07) is 25.8. The Balaban J connectivity index is 1.41. The lowest BCUT2D eigenvalue weighted by molar-refractivity contribution is -0.122. The van der Waals surface area contributed by atoms with E-state index in [1.807, 2.05) is 78.7 Å². The van der Waals surface area contributed by atoms with Gasteiger partial charge in [-0.2, -0.15) is 0 Å². The number of hydrogen-bond donors (Lipinski definition) is 0. The molecule has 178 valence electrons. The van der Waals surface area contributed by atoms with Gasteiger partial charge in [-0.3, -0.25) is 14.7 Å². The molecule has 1 saturated heterocycles. The first-order valence-corrected chi connectivity index (χ1v) is 13.5. The maximum atomic E-state index is 13.8. The third-order valence-corrected chi connectivity index (χ3v) is 8.82. The number of aliphatic imine (C=N–C) groups is 1. The van der Waals surface area contributed by atoms with Crippen molar-refractivity contribution in [1.29, 1.82) is 0 Å². The van der Waals surface area contributed by atoms with Crippen molar-refractivity contribution in [2.75, 3.05) is 18.5 Å². The first kappa shape index (κ1) is 23.2. The van der Waals surface area contributed by atoms with Crippen LogP contribution in [0.15, 0.2) is 105 Å². The molecule has 36 heavy (non-hydrogen) atoms. The normalized spacial score (nSPS) is 18.5. The minimum absolute atomic E-state index is 0.0266. The maximum absolute atomic E-state index is 13.8. The number of benzene rings is 3. The number of rotatable bonds is 4. The molecule has 6 rings (SSSR count). The minimum Gasteiger partial charge on any atom is -0.337 e. The van der Waals surface area contributed by atoms with Gasteiger partial charge in [-0.15, -0.1) is 0 Å². The van der Waals surface area contributed by atoms with Gasteiger partial charge in [-0.1, -0.05) is 59.8 Å². The fourth-order valence-electron chi connectivity index (χ4n) is 4.31. The van der Waals surface area contributed by atoms with Crippen LogP contribution in [0.25, 0.3) is 10.9 Å². The first-order valence-electron chi connectivity index (χ1n) is 11.5. The molecule has 3 heterocycles. The monoisotopic (exact) mass is 528 g/mol. The zero-order valence-corrected chi connectivity index (χ0v) is 21.8. The fourth-order valence-corrected chi connectivity index (χ4v) is 6.82. The van der Waals surface area contributed by atoms with Crippen LogP contribution in [0.2, 0.25) is 5.02 Å². The molecule has 0 N–H and O–H groups in total. The molecule has 5 nitrogen and oxygen atoms in total. The smallest absolute Gasteiger partial charge is 0.269 e. The van der Waals surface area contributed by atoms with E-state index in [0.717, 1.165) is 38.6 Å². The molecule has 1 fully saturated rings. The summed E-state index contributed by atoms with van der Waals surface area (Å²) in [4.78, 5) is 28.9. The maximum Gasteiger partial charge on any atom is 0.269 e. The molecule has 0 spiro atoms. The Bertz CT molecular complexity index is 1550. The van der Waals surface area contributed by atoms with Gasteiger partial charge in [0.1, 0.15) is 4.91 Å². The van der Waals surface area contributed by atoms with Crippen molar-refractivity contribution in [3.05, 3.63) is 106 Å². The number of halogens is 1. The van der Waals surface area contributed by atoms with E-state index < -0.39 is 0 Å². The Kier molecular flexibility index (Phi) is 6.21. The molecule has 0 aliphatic carbocycles. The zero-order chi connectivity index (χ0) is 24.6. The predicted molar refractivity (Wildman–Crippen MR) is 151 cm³/mol. The number of thioether (sulfide) groups is 2. The van der Waals surface area contributed by atoms with Gasteiger partial charge in [-0.05, 0) is 66.2 Å². The second kappa shape index (κ2) is 9.65. The van der Waals surface area contributed by atoms with E-state index in [1.54, 1.807) is 22.9 Å². The lowest BCUT2D eigenvalue weighted by atomic mass is 10.1. The third-order valence-electron chi connectivity index (χ3n) is 6.16. The zero-order valence-electron chi connectivity index (χ0n) is 19.4. The number of hydrogen-bond acceptors (Lipinski definition) is 6. The van der Waals surface area contributed by atoms with E-state index in [-0.39, 0.29) is 5.91 Å². The van der Waals surface area contributed by atoms with Gasteiger partial charge in [0.05, 0.1) is 21.9 Å². The summed E-state index contributed by atoms with van der Waals surface area (Å²) in [6.45, 7) is 0.543. The highest BCUT2D eigenvalue weighted by atomic mass is 35.5. The molecule has 0 bridgehead atoms. The van der Waals surface area contributed by atoms with Crippen molar-refractivity contribution in [3.8, 4) is 0 Å². The Labute approximate surface area is 222 Å². The molecular weight excluding hydrogens is 508 g/mol. The third kappa shape index (κ3) is 4.28. The Morgan fingerprint density at radius 2 is 1.83 bits per heavy atom. The fraction of sp³-hybridized carbons (Fsp3) is 0.107. The number of fused-ring (bicyclic) bond motifs is 2. The van der Waals surface area contributed by atoms with Crippen LogP contribution in [0, 0.1) is 0 Å². The summed E-state index contributed by atoms with van der Waals surface area (Å²) in [5.41, 5.74) is 3.86. The van der Waals surface area contributed by atoms with E-state index in [1.165, 1.54) is 17.3 Å². The van der Waals surface area contributed by atoms with Crippen molar-refractivity contribution in [2.24, 2.45) is 4.99 Å². The number of aromatic nitrogens is 1. The van der Waals surface area contributed by atoms with E-state index in [4.69, 9.17) is 16.6 Å². The molecule has 2 aliphatic rings. The average Bonchev–Trinajstić information content (AvgIpc) is 3.39. The lowest BCUT2D eigenvalue weighted by Crippen LogP contribution is -2.31. The van der Waals surface area contributed by atoms with Crippen molar-refractivity contribution < 1.29 is 4.79 Å². The van der Waals surface area contributed by atoms with Crippen molar-refractivity contribution in [1.82, 2.24) is 9.88 Å². The van der Waals surface area contributed by atoms with E-state index in [2.05, 4.69) is 17.1 Å². The Hall–Kier alpha value is -3.26. The molecule has 1 aromatic heterocycles. The Morgan fingerprint density at radius 3 is 2.69 bits per heavy atom. The number of carbonyl (C=O) groups excluding carboxylic acids is 1. The average molecular weight is 529 g/mol. The predicted octanol–water partition coefficient (Wildman–Crippen LogP) is 7.11. The first-order chi connectivity index (χ1) is 17.6. The lowest BCUT2D eigenvalue weighted by Gasteiger charge is -2.17. The minimum atomic E-state index is -0.0266. The molecule has 2 aliphatic heterocycles. The molecule has 0 saturated carbocycles. The van der Waals surface area contributed by atoms with Gasteiger partial charge in [0, 0.05) is 35.1 Å². The highest BCUT2D eigenvalue weighted by molar-refractivity contribution is 8.19. The number of amidine groups is 1. The van der Waals surface area contributed by atoms with Crippen LogP contribution in [0.5, 0.6) is 0 Å². The van der Waals surface area contributed by atoms with Gasteiger partial charge < -0.3 is 4.90 Å². The Morgan fingerprint density at radius 1 is 0.972 bits per heavy atom. The molecule has 0 radical (unpaired) electrons. The summed E-state index contributed by atoms with van der Waals surface area (Å²) in [6.07, 6.45) is 2.52. The second-order valence-corrected chi connectivity index (χ2v) is 10.9. The molecular formula is C28H21ClN4OS2. The van der Waals surface area contributed by atoms with Crippen molar-refractivity contribution in [2.45, 2.75) is 11.3 Å². The van der Waals surface area contributed by atoms with Crippen LogP contribution in [-0.2, 0) is 11.2 Å². The van der Waals surface area contributed by atoms with Gasteiger partial charge in [0.25, 0.3) is 5.91 Å². The molecule has 4 aromatic rings. The van der Waals surface area contributed by atoms with Crippen LogP contribution in [0.3, 0.4) is 0 Å². The second-order valence-electron chi connectivity index (χ2n) is 8.44. The van der Waals surface area contributed by atoms with Crippen LogP contribution >= 0.6 is 35.1 Å². The summed E-state index contributed by atoms with van der Waals surface area (Å²) in [5, 5.41) is 3.21. The van der Waals surface area contributed by atoms with Crippen LogP contribution < -0.4 is 4.90 Å². The topological polar surface area (TPSA) is 48.8 Å². The van der Waals surface area contributed by atoms with Crippen LogP contribution in [0.1, 0.15) is 5.56 Å². The number of nitrogens with zero attached hydrogens (tertiary/aromatic N) is 4. The largest absolute Gasteiger partial charge is 0.337 e. The van der Waals surface area contributed by atoms with Gasteiger partial charge in [-0.25, -0.2) is 4.99 Å². The summed E-state index contributed by atoms with van der Waals surface area (Å²) in [7, 11) is 1.98. The standard InChI is InChI=1S/C28H21ClN4OS2/c1-32-23-17-19(29)12-13-24(23)35-27(32)25-26(34)33(16-14-18-7-3-2-4-8-18)28(36-25)31-22-11-5-10-21-20(22)9-6-15-30-21/h2-13,15,17H,14,16H2,1H3. The van der Waals surface area contributed by atoms with Crippen molar-refractivity contribution >= 4 is 68.5 Å². The number of carbonyl (C=O) groups is 1. The molecule has 3 aromatic carbocycles. The summed E-state index contributed by atoms with van der Waals surface area (Å²) in [5.74, 6) is -0.0266. The van der Waals surface area contributed by atoms with Crippen LogP contribution in [-0.4, -0.2) is 34.6 Å². The van der Waals surface area contributed by atoms with E-state index >= 15 is 0 Å². The summed E-state index contributed by atoms with van der Waals surface area (Å²) >= 11 is 9.28. The summed E-state index contributed by atoms with van der Waals surface area (Å²) < 4.78 is 0. The number of pyridine rings is 1. The number of amides is 1.